The van der Waals surface area contributed by atoms with E-state index >= 15 is 0 Å². The fourth-order valence-electron chi connectivity index (χ4n) is 2.91. The van der Waals surface area contributed by atoms with E-state index in [1.54, 1.807) is 19.2 Å². The number of hydrogen-bond donors (Lipinski definition) is 1. The van der Waals surface area contributed by atoms with Crippen molar-refractivity contribution >= 4 is 17.6 Å². The summed E-state index contributed by atoms with van der Waals surface area (Å²) in [5, 5.41) is 6.57. The van der Waals surface area contributed by atoms with Crippen molar-refractivity contribution in [3.05, 3.63) is 65.5 Å². The number of benzene rings is 2. The Hall–Kier alpha value is -3.42. The fraction of sp³-hybridized carbons (Fsp3) is 0.318. The van der Waals surface area contributed by atoms with Crippen LogP contribution in [0, 0.1) is 5.82 Å². The molecular formula is C22H23FN2O5. The number of nitrogens with zero attached hydrogens (tertiary/aromatic N) is 1. The molecule has 0 fully saturated rings. The number of amides is 1. The average molecular weight is 414 g/mol. The minimum absolute atomic E-state index is 0.147. The second-order valence-electron chi connectivity index (χ2n) is 6.81. The summed E-state index contributed by atoms with van der Waals surface area (Å²) in [6.07, 6.45) is -1.16. The van der Waals surface area contributed by atoms with Crippen LogP contribution in [0.2, 0.25) is 0 Å². The molecule has 1 aliphatic heterocycles. The maximum atomic E-state index is 13.3. The fourth-order valence-corrected chi connectivity index (χ4v) is 2.91. The van der Waals surface area contributed by atoms with Crippen LogP contribution in [0.25, 0.3) is 0 Å². The summed E-state index contributed by atoms with van der Waals surface area (Å²) in [7, 11) is 1.60. The first-order valence-corrected chi connectivity index (χ1v) is 9.56. The number of carbonyl (C=O) groups is 2. The van der Waals surface area contributed by atoms with Gasteiger partial charge in [0.1, 0.15) is 11.6 Å². The zero-order valence-electron chi connectivity index (χ0n) is 16.8. The molecule has 0 saturated carbocycles. The smallest absolute Gasteiger partial charge is 0.351 e. The summed E-state index contributed by atoms with van der Waals surface area (Å²) in [6.45, 7) is 1.89. The Kier molecular flexibility index (Phi) is 7.00. The van der Waals surface area contributed by atoms with Gasteiger partial charge in [0.15, 0.2) is 6.10 Å². The molecule has 1 N–H and O–H groups in total. The number of methoxy groups -OCH3 is 1. The molecule has 2 atom stereocenters. The van der Waals surface area contributed by atoms with Crippen LogP contribution in [0.4, 0.5) is 4.39 Å². The van der Waals surface area contributed by atoms with Gasteiger partial charge >= 0.3 is 5.97 Å². The summed E-state index contributed by atoms with van der Waals surface area (Å²) in [4.78, 5) is 29.6. The van der Waals surface area contributed by atoms with Gasteiger partial charge in [-0.25, -0.2) is 9.18 Å². The van der Waals surface area contributed by atoms with Crippen LogP contribution in [0.1, 0.15) is 24.5 Å². The predicted molar refractivity (Wildman–Crippen MR) is 108 cm³/mol. The Labute approximate surface area is 173 Å². The summed E-state index contributed by atoms with van der Waals surface area (Å²) in [6, 6.07) is 13.4. The standard InChI is InChI=1S/C22H23FN2O5/c1-14(21(26)24-11-10-15-6-8-18(28-2)9-7-15)29-22(27)20-13-19(25-30-20)16-4-3-5-17(23)12-16/h3-9,12,14,20H,10-11,13H2,1-2H3,(H,24,26). The van der Waals surface area contributed by atoms with Crippen molar-refractivity contribution in [2.45, 2.75) is 32.0 Å². The third kappa shape index (κ3) is 5.56. The van der Waals surface area contributed by atoms with Crippen molar-refractivity contribution in [1.29, 1.82) is 0 Å². The highest BCUT2D eigenvalue weighted by atomic mass is 19.1. The van der Waals surface area contributed by atoms with Crippen LogP contribution in [-0.2, 0) is 25.6 Å². The van der Waals surface area contributed by atoms with E-state index in [9.17, 15) is 14.0 Å². The van der Waals surface area contributed by atoms with E-state index < -0.39 is 29.9 Å². The molecule has 158 valence electrons. The van der Waals surface area contributed by atoms with E-state index in [0.717, 1.165) is 11.3 Å². The first-order valence-electron chi connectivity index (χ1n) is 9.56. The molecule has 0 aromatic heterocycles. The lowest BCUT2D eigenvalue weighted by Crippen LogP contribution is -2.39. The number of hydrogen-bond acceptors (Lipinski definition) is 6. The zero-order valence-corrected chi connectivity index (χ0v) is 16.8. The van der Waals surface area contributed by atoms with Gasteiger partial charge in [0.05, 0.1) is 12.8 Å². The number of halogens is 1. The molecule has 0 spiro atoms. The number of oxime groups is 1. The first kappa shape index (κ1) is 21.3. The van der Waals surface area contributed by atoms with Crippen molar-refractivity contribution in [1.82, 2.24) is 5.32 Å². The van der Waals surface area contributed by atoms with Crippen LogP contribution in [0.15, 0.2) is 53.7 Å². The van der Waals surface area contributed by atoms with Gasteiger partial charge < -0.3 is 19.6 Å². The van der Waals surface area contributed by atoms with Gasteiger partial charge in [0, 0.05) is 18.5 Å². The second-order valence-corrected chi connectivity index (χ2v) is 6.81. The maximum Gasteiger partial charge on any atom is 0.351 e. The monoisotopic (exact) mass is 414 g/mol. The van der Waals surface area contributed by atoms with Gasteiger partial charge in [0.25, 0.3) is 5.91 Å². The molecule has 2 unspecified atom stereocenters. The Bertz CT molecular complexity index is 929. The molecule has 0 bridgehead atoms. The molecule has 0 aliphatic carbocycles. The van der Waals surface area contributed by atoms with Gasteiger partial charge in [-0.1, -0.05) is 29.4 Å². The summed E-state index contributed by atoms with van der Waals surface area (Å²) >= 11 is 0. The molecule has 2 aromatic rings. The number of carbonyl (C=O) groups excluding carboxylic acids is 2. The van der Waals surface area contributed by atoms with E-state index in [1.165, 1.54) is 19.1 Å². The van der Waals surface area contributed by atoms with Crippen molar-refractivity contribution in [3.8, 4) is 5.75 Å². The normalized spacial score (nSPS) is 16.2. The number of ether oxygens (including phenoxy) is 2. The minimum Gasteiger partial charge on any atom is -0.497 e. The predicted octanol–water partition coefficient (Wildman–Crippen LogP) is 2.62. The molecule has 30 heavy (non-hydrogen) atoms. The highest BCUT2D eigenvalue weighted by molar-refractivity contribution is 6.03. The van der Waals surface area contributed by atoms with Crippen molar-refractivity contribution in [3.63, 3.8) is 0 Å². The molecule has 0 saturated heterocycles. The largest absolute Gasteiger partial charge is 0.497 e. The molecule has 1 amide bonds. The quantitative estimate of drug-likeness (QED) is 0.671. The van der Waals surface area contributed by atoms with Crippen molar-refractivity contribution < 1.29 is 28.3 Å². The van der Waals surface area contributed by atoms with Crippen LogP contribution in [0.5, 0.6) is 5.75 Å². The highest BCUT2D eigenvalue weighted by Gasteiger charge is 2.32. The third-order valence-corrected chi connectivity index (χ3v) is 4.62. The molecule has 1 heterocycles. The van der Waals surface area contributed by atoms with Gasteiger partial charge in [-0.05, 0) is 43.2 Å². The number of nitrogens with one attached hydrogen (secondary N) is 1. The lowest BCUT2D eigenvalue weighted by molar-refractivity contribution is -0.164. The average Bonchev–Trinajstić information content (AvgIpc) is 3.24. The Morgan fingerprint density at radius 1 is 1.27 bits per heavy atom. The Morgan fingerprint density at radius 3 is 2.73 bits per heavy atom. The first-order chi connectivity index (χ1) is 14.5. The van der Waals surface area contributed by atoms with E-state index in [0.29, 0.717) is 24.2 Å². The lowest BCUT2D eigenvalue weighted by atomic mass is 10.1. The second kappa shape index (κ2) is 9.87. The van der Waals surface area contributed by atoms with E-state index in [2.05, 4.69) is 10.5 Å². The van der Waals surface area contributed by atoms with E-state index in [1.807, 2.05) is 24.3 Å². The van der Waals surface area contributed by atoms with Crippen molar-refractivity contribution in [2.75, 3.05) is 13.7 Å². The molecule has 0 radical (unpaired) electrons. The molecule has 2 aromatic carbocycles. The SMILES string of the molecule is COc1ccc(CCNC(=O)C(C)OC(=O)C2CC(c3cccc(F)c3)=NO2)cc1. The van der Waals surface area contributed by atoms with Gasteiger partial charge in [0.2, 0.25) is 6.10 Å². The van der Waals surface area contributed by atoms with Gasteiger partial charge in [-0.15, -0.1) is 0 Å². The van der Waals surface area contributed by atoms with Crippen LogP contribution < -0.4 is 10.1 Å². The lowest BCUT2D eigenvalue weighted by Gasteiger charge is -2.15. The van der Waals surface area contributed by atoms with Gasteiger partial charge in [-0.3, -0.25) is 4.79 Å². The maximum absolute atomic E-state index is 13.3. The molecule has 1 aliphatic rings. The molecule has 8 heteroatoms. The van der Waals surface area contributed by atoms with Crippen LogP contribution in [-0.4, -0.2) is 43.5 Å². The van der Waals surface area contributed by atoms with Crippen molar-refractivity contribution in [2.24, 2.45) is 5.16 Å². The third-order valence-electron chi connectivity index (χ3n) is 4.62. The highest BCUT2D eigenvalue weighted by Crippen LogP contribution is 2.19. The van der Waals surface area contributed by atoms with Crippen LogP contribution in [0.3, 0.4) is 0 Å². The Morgan fingerprint density at radius 2 is 2.03 bits per heavy atom. The molecule has 3 rings (SSSR count). The minimum atomic E-state index is -0.977. The summed E-state index contributed by atoms with van der Waals surface area (Å²) in [5.41, 5.74) is 2.03. The van der Waals surface area contributed by atoms with E-state index in [4.69, 9.17) is 14.3 Å². The Balaban J connectivity index is 1.42. The van der Waals surface area contributed by atoms with E-state index in [-0.39, 0.29) is 6.42 Å². The topological polar surface area (TPSA) is 86.2 Å². The summed E-state index contributed by atoms with van der Waals surface area (Å²) in [5.74, 6) is -0.729. The zero-order chi connectivity index (χ0) is 21.5. The molecular weight excluding hydrogens is 391 g/mol. The number of esters is 1. The number of rotatable bonds is 8. The summed E-state index contributed by atoms with van der Waals surface area (Å²) < 4.78 is 23.6. The van der Waals surface area contributed by atoms with Crippen LogP contribution >= 0.6 is 0 Å². The molecule has 7 nitrogen and oxygen atoms in total. The van der Waals surface area contributed by atoms with Gasteiger partial charge in [-0.2, -0.15) is 0 Å².